The Hall–Kier alpha value is -2.76. The van der Waals surface area contributed by atoms with Crippen molar-refractivity contribution in [2.75, 3.05) is 18.0 Å². The van der Waals surface area contributed by atoms with Gasteiger partial charge in [-0.1, -0.05) is 12.1 Å². The molecule has 120 valence electrons. The monoisotopic (exact) mass is 313 g/mol. The van der Waals surface area contributed by atoms with E-state index in [1.54, 1.807) is 23.5 Å². The van der Waals surface area contributed by atoms with Crippen molar-refractivity contribution in [3.8, 4) is 0 Å². The average molecular weight is 313 g/mol. The molecule has 1 saturated heterocycles. The fraction of sp³-hybridized carbons (Fsp3) is 0.294. The van der Waals surface area contributed by atoms with Gasteiger partial charge in [0.15, 0.2) is 0 Å². The molecule has 1 atom stereocenters. The van der Waals surface area contributed by atoms with E-state index < -0.39 is 0 Å². The molecule has 1 unspecified atom stereocenters. The first kappa shape index (κ1) is 15.1. The first-order valence-corrected chi connectivity index (χ1v) is 7.59. The standard InChI is InChI=1S/C17H19N3O3/c1-12(19-16(21)10-13-6-9-23-11-13)14-2-4-15(5-3-14)20-8-7-18-17(20)22/h2-6,9,11-12H,7-8,10H2,1H3,(H,18,22)(H,19,21). The quantitative estimate of drug-likeness (QED) is 0.889. The second-order valence-corrected chi connectivity index (χ2v) is 5.57. The molecule has 1 fully saturated rings. The molecule has 1 aliphatic heterocycles. The lowest BCUT2D eigenvalue weighted by Crippen LogP contribution is -2.29. The third-order valence-corrected chi connectivity index (χ3v) is 3.88. The van der Waals surface area contributed by atoms with Crippen LogP contribution in [0.4, 0.5) is 10.5 Å². The van der Waals surface area contributed by atoms with Gasteiger partial charge in [0.2, 0.25) is 5.91 Å². The highest BCUT2D eigenvalue weighted by atomic mass is 16.3. The summed E-state index contributed by atoms with van der Waals surface area (Å²) in [5.74, 6) is -0.0538. The Bertz CT molecular complexity index is 680. The van der Waals surface area contributed by atoms with E-state index in [1.807, 2.05) is 31.2 Å². The molecule has 3 amide bonds. The molecule has 0 aliphatic carbocycles. The maximum atomic E-state index is 12.0. The van der Waals surface area contributed by atoms with Crippen LogP contribution in [0.15, 0.2) is 47.3 Å². The molecule has 0 saturated carbocycles. The Labute approximate surface area is 134 Å². The van der Waals surface area contributed by atoms with Crippen molar-refractivity contribution in [3.05, 3.63) is 54.0 Å². The summed E-state index contributed by atoms with van der Waals surface area (Å²) in [6.45, 7) is 3.28. The van der Waals surface area contributed by atoms with Gasteiger partial charge in [0.1, 0.15) is 0 Å². The number of urea groups is 1. The van der Waals surface area contributed by atoms with Crippen LogP contribution in [0.25, 0.3) is 0 Å². The third kappa shape index (κ3) is 3.53. The zero-order valence-electron chi connectivity index (χ0n) is 12.9. The number of carbonyl (C=O) groups excluding carboxylic acids is 2. The number of nitrogens with one attached hydrogen (secondary N) is 2. The second-order valence-electron chi connectivity index (χ2n) is 5.57. The lowest BCUT2D eigenvalue weighted by atomic mass is 10.1. The Kier molecular flexibility index (Phi) is 4.32. The van der Waals surface area contributed by atoms with Crippen LogP contribution < -0.4 is 15.5 Å². The lowest BCUT2D eigenvalue weighted by molar-refractivity contribution is -0.121. The molecule has 2 aromatic rings. The molecular formula is C17H19N3O3. The van der Waals surface area contributed by atoms with Crippen LogP contribution in [0.3, 0.4) is 0 Å². The Morgan fingerprint density at radius 1 is 1.35 bits per heavy atom. The van der Waals surface area contributed by atoms with Gasteiger partial charge in [-0.3, -0.25) is 9.69 Å². The first-order chi connectivity index (χ1) is 11.1. The minimum Gasteiger partial charge on any atom is -0.472 e. The van der Waals surface area contributed by atoms with E-state index in [0.717, 1.165) is 16.8 Å². The Balaban J connectivity index is 1.60. The van der Waals surface area contributed by atoms with E-state index in [9.17, 15) is 9.59 Å². The van der Waals surface area contributed by atoms with E-state index in [-0.39, 0.29) is 18.0 Å². The number of benzene rings is 1. The van der Waals surface area contributed by atoms with Crippen molar-refractivity contribution < 1.29 is 14.0 Å². The molecule has 0 radical (unpaired) electrons. The van der Waals surface area contributed by atoms with Crippen molar-refractivity contribution >= 4 is 17.6 Å². The molecule has 1 aromatic heterocycles. The highest BCUT2D eigenvalue weighted by Crippen LogP contribution is 2.20. The van der Waals surface area contributed by atoms with Crippen molar-refractivity contribution in [3.63, 3.8) is 0 Å². The minimum absolute atomic E-state index is 0.0538. The van der Waals surface area contributed by atoms with Gasteiger partial charge in [0.05, 0.1) is 25.0 Å². The van der Waals surface area contributed by atoms with E-state index in [0.29, 0.717) is 19.5 Å². The predicted octanol–water partition coefficient (Wildman–Crippen LogP) is 2.23. The topological polar surface area (TPSA) is 74.6 Å². The van der Waals surface area contributed by atoms with E-state index >= 15 is 0 Å². The van der Waals surface area contributed by atoms with Crippen molar-refractivity contribution in [2.45, 2.75) is 19.4 Å². The summed E-state index contributed by atoms with van der Waals surface area (Å²) in [5, 5.41) is 5.73. The molecule has 1 aliphatic rings. The summed E-state index contributed by atoms with van der Waals surface area (Å²) in [4.78, 5) is 25.3. The van der Waals surface area contributed by atoms with Crippen LogP contribution >= 0.6 is 0 Å². The predicted molar refractivity (Wildman–Crippen MR) is 86.2 cm³/mol. The van der Waals surface area contributed by atoms with Crippen LogP contribution in [0.5, 0.6) is 0 Å². The SMILES string of the molecule is CC(NC(=O)Cc1ccoc1)c1ccc(N2CCNC2=O)cc1. The molecule has 6 nitrogen and oxygen atoms in total. The number of hydrogen-bond acceptors (Lipinski definition) is 3. The molecular weight excluding hydrogens is 294 g/mol. The van der Waals surface area contributed by atoms with Gasteiger partial charge in [-0.25, -0.2) is 4.79 Å². The first-order valence-electron chi connectivity index (χ1n) is 7.59. The molecule has 2 heterocycles. The van der Waals surface area contributed by atoms with Gasteiger partial charge in [0, 0.05) is 18.8 Å². The molecule has 0 bridgehead atoms. The van der Waals surface area contributed by atoms with Gasteiger partial charge < -0.3 is 15.1 Å². The number of furan rings is 1. The summed E-state index contributed by atoms with van der Waals surface area (Å²) in [6, 6.07) is 9.28. The molecule has 23 heavy (non-hydrogen) atoms. The zero-order chi connectivity index (χ0) is 16.2. The fourth-order valence-electron chi connectivity index (χ4n) is 2.62. The summed E-state index contributed by atoms with van der Waals surface area (Å²) >= 11 is 0. The fourth-order valence-corrected chi connectivity index (χ4v) is 2.62. The summed E-state index contributed by atoms with van der Waals surface area (Å²) in [7, 11) is 0. The minimum atomic E-state index is -0.101. The van der Waals surface area contributed by atoms with Gasteiger partial charge in [0.25, 0.3) is 0 Å². The molecule has 2 N–H and O–H groups in total. The maximum Gasteiger partial charge on any atom is 0.321 e. The van der Waals surface area contributed by atoms with E-state index in [4.69, 9.17) is 4.42 Å². The Morgan fingerprint density at radius 3 is 2.74 bits per heavy atom. The molecule has 1 aromatic carbocycles. The van der Waals surface area contributed by atoms with E-state index in [2.05, 4.69) is 10.6 Å². The van der Waals surface area contributed by atoms with Crippen LogP contribution in [0.2, 0.25) is 0 Å². The van der Waals surface area contributed by atoms with Crippen molar-refractivity contribution in [1.82, 2.24) is 10.6 Å². The number of carbonyl (C=O) groups is 2. The van der Waals surface area contributed by atoms with Gasteiger partial charge in [-0.15, -0.1) is 0 Å². The van der Waals surface area contributed by atoms with Crippen LogP contribution in [0.1, 0.15) is 24.1 Å². The molecule has 0 spiro atoms. The number of amides is 3. The van der Waals surface area contributed by atoms with Gasteiger partial charge >= 0.3 is 6.03 Å². The lowest BCUT2D eigenvalue weighted by Gasteiger charge is -2.17. The smallest absolute Gasteiger partial charge is 0.321 e. The average Bonchev–Trinajstić information content (AvgIpc) is 3.19. The highest BCUT2D eigenvalue weighted by molar-refractivity contribution is 5.94. The zero-order valence-corrected chi connectivity index (χ0v) is 12.9. The van der Waals surface area contributed by atoms with Crippen LogP contribution in [0, 0.1) is 0 Å². The van der Waals surface area contributed by atoms with Crippen LogP contribution in [-0.4, -0.2) is 25.0 Å². The molecule has 6 heteroatoms. The Morgan fingerprint density at radius 2 is 2.13 bits per heavy atom. The number of hydrogen-bond donors (Lipinski definition) is 2. The summed E-state index contributed by atoms with van der Waals surface area (Å²) in [6.07, 6.45) is 3.42. The number of nitrogens with zero attached hydrogens (tertiary/aromatic N) is 1. The van der Waals surface area contributed by atoms with Gasteiger partial charge in [-0.2, -0.15) is 0 Å². The normalized spacial score (nSPS) is 15.3. The molecule has 3 rings (SSSR count). The van der Waals surface area contributed by atoms with Gasteiger partial charge in [-0.05, 0) is 36.2 Å². The van der Waals surface area contributed by atoms with Crippen molar-refractivity contribution in [2.24, 2.45) is 0 Å². The van der Waals surface area contributed by atoms with Crippen molar-refractivity contribution in [1.29, 1.82) is 0 Å². The largest absolute Gasteiger partial charge is 0.472 e. The highest BCUT2D eigenvalue weighted by Gasteiger charge is 2.21. The number of anilines is 1. The second kappa shape index (κ2) is 6.56. The summed E-state index contributed by atoms with van der Waals surface area (Å²) < 4.78 is 4.96. The third-order valence-electron chi connectivity index (χ3n) is 3.88. The van der Waals surface area contributed by atoms with Crippen LogP contribution in [-0.2, 0) is 11.2 Å². The maximum absolute atomic E-state index is 12.0. The number of rotatable bonds is 5. The van der Waals surface area contributed by atoms with E-state index in [1.165, 1.54) is 0 Å². The summed E-state index contributed by atoms with van der Waals surface area (Å²) in [5.41, 5.74) is 2.71.